The smallest absolute Gasteiger partial charge is 0.270 e. The Balaban J connectivity index is 2.35. The molecule has 1 amide bonds. The van der Waals surface area contributed by atoms with Gasteiger partial charge >= 0.3 is 0 Å². The van der Waals surface area contributed by atoms with E-state index in [2.05, 4.69) is 0 Å². The number of pyridine rings is 1. The third-order valence-corrected chi connectivity index (χ3v) is 3.30. The van der Waals surface area contributed by atoms with Crippen molar-refractivity contribution in [3.63, 3.8) is 0 Å². The van der Waals surface area contributed by atoms with Gasteiger partial charge in [-0.1, -0.05) is 6.92 Å². The van der Waals surface area contributed by atoms with Crippen molar-refractivity contribution in [3.8, 4) is 17.0 Å². The zero-order valence-electron chi connectivity index (χ0n) is 12.6. The molecule has 0 atom stereocenters. The fourth-order valence-corrected chi connectivity index (χ4v) is 2.12. The first kappa shape index (κ1) is 15.8. The molecular formula is C16H19N3O3. The van der Waals surface area contributed by atoms with Crippen LogP contribution in [0.3, 0.4) is 0 Å². The third kappa shape index (κ3) is 3.17. The van der Waals surface area contributed by atoms with Crippen molar-refractivity contribution in [2.24, 2.45) is 12.9 Å². The van der Waals surface area contributed by atoms with E-state index in [1.807, 2.05) is 36.6 Å². The minimum absolute atomic E-state index is 0.0108. The van der Waals surface area contributed by atoms with Crippen LogP contribution in [0.25, 0.3) is 11.3 Å². The molecule has 1 aromatic heterocycles. The van der Waals surface area contributed by atoms with Gasteiger partial charge < -0.3 is 9.30 Å². The minimum Gasteiger partial charge on any atom is -0.494 e. The fourth-order valence-electron chi connectivity index (χ4n) is 2.12. The fraction of sp³-hybridized carbons (Fsp3) is 0.250. The minimum atomic E-state index is -0.601. The van der Waals surface area contributed by atoms with Crippen LogP contribution in [0.15, 0.2) is 41.2 Å². The summed E-state index contributed by atoms with van der Waals surface area (Å²) in [5.41, 5.74) is 3.15. The molecule has 0 saturated heterocycles. The van der Waals surface area contributed by atoms with Gasteiger partial charge in [0.05, 0.1) is 12.3 Å². The van der Waals surface area contributed by atoms with Gasteiger partial charge in [-0.2, -0.15) is 0 Å². The Morgan fingerprint density at radius 2 is 1.91 bits per heavy atom. The Kier molecular flexibility index (Phi) is 4.95. The Labute approximate surface area is 128 Å². The molecule has 2 aromatic rings. The molecular weight excluding hydrogens is 282 g/mol. The number of rotatable bonds is 5. The number of ether oxygens (including phenoxy) is 1. The largest absolute Gasteiger partial charge is 0.494 e. The number of hydrazine groups is 1. The number of aromatic nitrogens is 1. The second-order valence-electron chi connectivity index (χ2n) is 4.84. The number of nitrogen functional groups attached to an aromatic ring is 1. The second kappa shape index (κ2) is 6.91. The van der Waals surface area contributed by atoms with Gasteiger partial charge in [0.15, 0.2) is 0 Å². The standard InChI is InChI=1S/C16H19N3O3/c1-3-10-22-12-6-4-11(5-7-12)14-9-8-13(15(20)18-17)16(21)19(14)2/h4-9H,3,10,17H2,1-2H3,(H,18,20). The normalized spacial score (nSPS) is 10.3. The van der Waals surface area contributed by atoms with Crippen molar-refractivity contribution in [2.75, 3.05) is 6.61 Å². The Hall–Kier alpha value is -2.60. The molecule has 22 heavy (non-hydrogen) atoms. The van der Waals surface area contributed by atoms with Gasteiger partial charge in [0, 0.05) is 7.05 Å². The Morgan fingerprint density at radius 3 is 2.50 bits per heavy atom. The summed E-state index contributed by atoms with van der Waals surface area (Å²) >= 11 is 0. The molecule has 0 spiro atoms. The summed E-state index contributed by atoms with van der Waals surface area (Å²) < 4.78 is 6.95. The van der Waals surface area contributed by atoms with E-state index in [1.165, 1.54) is 10.6 Å². The van der Waals surface area contributed by atoms with Crippen molar-refractivity contribution in [2.45, 2.75) is 13.3 Å². The van der Waals surface area contributed by atoms with E-state index in [0.717, 1.165) is 17.7 Å². The summed E-state index contributed by atoms with van der Waals surface area (Å²) in [4.78, 5) is 23.7. The maximum atomic E-state index is 12.2. The zero-order chi connectivity index (χ0) is 16.1. The van der Waals surface area contributed by atoms with Gasteiger partial charge in [-0.25, -0.2) is 5.84 Å². The molecule has 0 bridgehead atoms. The number of benzene rings is 1. The molecule has 116 valence electrons. The monoisotopic (exact) mass is 301 g/mol. The van der Waals surface area contributed by atoms with Gasteiger partial charge in [0.1, 0.15) is 11.3 Å². The number of nitrogens with one attached hydrogen (secondary N) is 1. The number of hydrogen-bond acceptors (Lipinski definition) is 4. The van der Waals surface area contributed by atoms with Crippen molar-refractivity contribution in [1.29, 1.82) is 0 Å². The lowest BCUT2D eigenvalue weighted by Gasteiger charge is -2.11. The van der Waals surface area contributed by atoms with Gasteiger partial charge in [0.2, 0.25) is 0 Å². The quantitative estimate of drug-likeness (QED) is 0.497. The zero-order valence-corrected chi connectivity index (χ0v) is 12.6. The summed E-state index contributed by atoms with van der Waals surface area (Å²) in [5.74, 6) is 5.25. The number of carbonyl (C=O) groups excluding carboxylic acids is 1. The average molecular weight is 301 g/mol. The molecule has 0 fully saturated rings. The van der Waals surface area contributed by atoms with Crippen molar-refractivity contribution in [3.05, 3.63) is 52.3 Å². The highest BCUT2D eigenvalue weighted by molar-refractivity contribution is 5.93. The summed E-state index contributed by atoms with van der Waals surface area (Å²) in [6.07, 6.45) is 0.945. The highest BCUT2D eigenvalue weighted by Crippen LogP contribution is 2.21. The van der Waals surface area contributed by atoms with Crippen LogP contribution in [0.2, 0.25) is 0 Å². The first-order valence-corrected chi connectivity index (χ1v) is 7.02. The van der Waals surface area contributed by atoms with Crippen LogP contribution in [0.4, 0.5) is 0 Å². The van der Waals surface area contributed by atoms with Crippen LogP contribution in [-0.2, 0) is 7.05 Å². The summed E-state index contributed by atoms with van der Waals surface area (Å²) in [6.45, 7) is 2.71. The van der Waals surface area contributed by atoms with Crippen molar-refractivity contribution < 1.29 is 9.53 Å². The maximum Gasteiger partial charge on any atom is 0.270 e. The van der Waals surface area contributed by atoms with E-state index in [4.69, 9.17) is 10.6 Å². The first-order chi connectivity index (χ1) is 10.6. The maximum absolute atomic E-state index is 12.2. The molecule has 2 rings (SSSR count). The van der Waals surface area contributed by atoms with Gasteiger partial charge in [0.25, 0.3) is 11.5 Å². The molecule has 1 aromatic carbocycles. The molecule has 0 aliphatic heterocycles. The lowest BCUT2D eigenvalue weighted by atomic mass is 10.1. The molecule has 0 aliphatic rings. The number of nitrogens with two attached hydrogens (primary N) is 1. The number of nitrogens with zero attached hydrogens (tertiary/aromatic N) is 1. The van der Waals surface area contributed by atoms with Crippen LogP contribution >= 0.6 is 0 Å². The van der Waals surface area contributed by atoms with E-state index in [9.17, 15) is 9.59 Å². The lowest BCUT2D eigenvalue weighted by Crippen LogP contribution is -2.36. The third-order valence-electron chi connectivity index (χ3n) is 3.30. The van der Waals surface area contributed by atoms with E-state index in [0.29, 0.717) is 12.3 Å². The number of carbonyl (C=O) groups is 1. The number of amides is 1. The van der Waals surface area contributed by atoms with Crippen LogP contribution in [0.5, 0.6) is 5.75 Å². The van der Waals surface area contributed by atoms with E-state index >= 15 is 0 Å². The Morgan fingerprint density at radius 1 is 1.23 bits per heavy atom. The van der Waals surface area contributed by atoms with Crippen LogP contribution in [0.1, 0.15) is 23.7 Å². The van der Waals surface area contributed by atoms with E-state index < -0.39 is 11.5 Å². The average Bonchev–Trinajstić information content (AvgIpc) is 2.55. The second-order valence-corrected chi connectivity index (χ2v) is 4.84. The Bertz CT molecular complexity index is 720. The predicted molar refractivity (Wildman–Crippen MR) is 84.6 cm³/mol. The lowest BCUT2D eigenvalue weighted by molar-refractivity contribution is 0.0951. The highest BCUT2D eigenvalue weighted by Gasteiger charge is 2.13. The predicted octanol–water partition coefficient (Wildman–Crippen LogP) is 1.44. The molecule has 0 radical (unpaired) electrons. The molecule has 3 N–H and O–H groups in total. The molecule has 6 nitrogen and oxygen atoms in total. The molecule has 0 saturated carbocycles. The summed E-state index contributed by atoms with van der Waals surface area (Å²) in [6, 6.07) is 10.7. The highest BCUT2D eigenvalue weighted by atomic mass is 16.5. The topological polar surface area (TPSA) is 86.3 Å². The number of hydrogen-bond donors (Lipinski definition) is 2. The van der Waals surface area contributed by atoms with Crippen LogP contribution in [0, 0.1) is 0 Å². The van der Waals surface area contributed by atoms with Crippen LogP contribution in [-0.4, -0.2) is 17.1 Å². The van der Waals surface area contributed by atoms with Crippen LogP contribution < -0.4 is 21.6 Å². The van der Waals surface area contributed by atoms with Gasteiger partial charge in [-0.3, -0.25) is 15.0 Å². The van der Waals surface area contributed by atoms with E-state index in [-0.39, 0.29) is 5.56 Å². The SMILES string of the molecule is CCCOc1ccc(-c2ccc(C(=O)NN)c(=O)n2C)cc1. The molecule has 0 unspecified atom stereocenters. The van der Waals surface area contributed by atoms with Gasteiger partial charge in [-0.15, -0.1) is 0 Å². The van der Waals surface area contributed by atoms with E-state index in [1.54, 1.807) is 13.1 Å². The first-order valence-electron chi connectivity index (χ1n) is 7.02. The summed E-state index contributed by atoms with van der Waals surface area (Å²) in [5, 5.41) is 0. The molecule has 6 heteroatoms. The van der Waals surface area contributed by atoms with Crippen molar-refractivity contribution >= 4 is 5.91 Å². The molecule has 1 heterocycles. The van der Waals surface area contributed by atoms with Gasteiger partial charge in [-0.05, 0) is 48.4 Å². The van der Waals surface area contributed by atoms with Crippen molar-refractivity contribution in [1.82, 2.24) is 9.99 Å². The summed E-state index contributed by atoms with van der Waals surface area (Å²) in [7, 11) is 1.62. The molecule has 0 aliphatic carbocycles.